The number of hydrogen-bond donors (Lipinski definition) is 3. The summed E-state index contributed by atoms with van der Waals surface area (Å²) in [6, 6.07) is 0.122. The first-order chi connectivity index (χ1) is 9.92. The molecular formula is C12H20N6O2S. The summed E-state index contributed by atoms with van der Waals surface area (Å²) in [6.07, 6.45) is 0.894. The van der Waals surface area contributed by atoms with Gasteiger partial charge in [-0.25, -0.2) is 4.98 Å². The summed E-state index contributed by atoms with van der Waals surface area (Å²) >= 11 is 1.23. The number of amides is 2. The van der Waals surface area contributed by atoms with Crippen molar-refractivity contribution in [2.45, 2.75) is 19.4 Å². The van der Waals surface area contributed by atoms with Crippen LogP contribution in [-0.4, -0.2) is 53.9 Å². The number of aromatic nitrogens is 1. The van der Waals surface area contributed by atoms with Crippen molar-refractivity contribution in [2.75, 3.05) is 36.8 Å². The Kier molecular flexibility index (Phi) is 4.63. The van der Waals surface area contributed by atoms with Gasteiger partial charge in [-0.15, -0.1) is 0 Å². The second-order valence-electron chi connectivity index (χ2n) is 4.99. The van der Waals surface area contributed by atoms with Gasteiger partial charge in [-0.1, -0.05) is 11.3 Å². The van der Waals surface area contributed by atoms with E-state index in [1.807, 2.05) is 4.90 Å². The Hall–Kier alpha value is -1.87. The topological polar surface area (TPSA) is 132 Å². The largest absolute Gasteiger partial charge is 0.382 e. The highest BCUT2D eigenvalue weighted by Gasteiger charge is 2.27. The summed E-state index contributed by atoms with van der Waals surface area (Å²) in [4.78, 5) is 31.4. The van der Waals surface area contributed by atoms with Gasteiger partial charge in [-0.3, -0.25) is 9.59 Å². The Balaban J connectivity index is 2.18. The number of hydrogen-bond acceptors (Lipinski definition) is 7. The van der Waals surface area contributed by atoms with E-state index in [1.54, 1.807) is 6.92 Å². The molecular weight excluding hydrogens is 292 g/mol. The van der Waals surface area contributed by atoms with Crippen LogP contribution in [0.25, 0.3) is 0 Å². The highest BCUT2D eigenvalue weighted by Crippen LogP contribution is 2.31. The molecule has 1 aromatic rings. The van der Waals surface area contributed by atoms with Gasteiger partial charge in [0.15, 0.2) is 5.13 Å². The number of primary amides is 1. The van der Waals surface area contributed by atoms with Crippen molar-refractivity contribution < 1.29 is 9.59 Å². The van der Waals surface area contributed by atoms with Crippen LogP contribution in [0, 0.1) is 0 Å². The smallest absolute Gasteiger partial charge is 0.268 e. The zero-order valence-corrected chi connectivity index (χ0v) is 12.7. The number of anilines is 2. The summed E-state index contributed by atoms with van der Waals surface area (Å²) in [6.45, 7) is 3.54. The molecule has 0 saturated carbocycles. The van der Waals surface area contributed by atoms with Gasteiger partial charge in [0.1, 0.15) is 10.7 Å². The van der Waals surface area contributed by atoms with Crippen LogP contribution < -0.4 is 22.1 Å². The molecule has 2 rings (SSSR count). The Morgan fingerprint density at radius 3 is 2.76 bits per heavy atom. The van der Waals surface area contributed by atoms with Crippen molar-refractivity contribution in [3.63, 3.8) is 0 Å². The van der Waals surface area contributed by atoms with E-state index in [9.17, 15) is 9.59 Å². The molecule has 0 aliphatic carbocycles. The van der Waals surface area contributed by atoms with Gasteiger partial charge in [0, 0.05) is 25.7 Å². The predicted molar refractivity (Wildman–Crippen MR) is 82.1 cm³/mol. The maximum Gasteiger partial charge on any atom is 0.268 e. The minimum Gasteiger partial charge on any atom is -0.382 e. The molecule has 1 atom stereocenters. The molecule has 2 amide bonds. The van der Waals surface area contributed by atoms with Crippen molar-refractivity contribution in [2.24, 2.45) is 11.5 Å². The predicted octanol–water partition coefficient (Wildman–Crippen LogP) is -0.790. The van der Waals surface area contributed by atoms with Crippen molar-refractivity contribution in [3.05, 3.63) is 4.88 Å². The standard InChI is InChI=1S/C12H20N6O2S/c1-2-17(6-8(14)19)11(20)9-10(15)16-12(21-9)18-4-3-7(13)5-18/h7H,2-6,13,15H2,1H3,(H2,14,19). The van der Waals surface area contributed by atoms with Crippen molar-refractivity contribution in [1.29, 1.82) is 0 Å². The minimum atomic E-state index is -0.556. The minimum absolute atomic E-state index is 0.122. The SMILES string of the molecule is CCN(CC(N)=O)C(=O)c1sc(N2CCC(N)C2)nc1N. The highest BCUT2D eigenvalue weighted by molar-refractivity contribution is 7.18. The summed E-state index contributed by atoms with van der Waals surface area (Å²) < 4.78 is 0. The summed E-state index contributed by atoms with van der Waals surface area (Å²) in [5.41, 5.74) is 16.9. The third-order valence-electron chi connectivity index (χ3n) is 3.35. The second-order valence-corrected chi connectivity index (χ2v) is 5.97. The number of nitrogens with two attached hydrogens (primary N) is 3. The molecule has 0 spiro atoms. The molecule has 9 heteroatoms. The lowest BCUT2D eigenvalue weighted by molar-refractivity contribution is -0.118. The summed E-state index contributed by atoms with van der Waals surface area (Å²) in [5.74, 6) is -0.691. The highest BCUT2D eigenvalue weighted by atomic mass is 32.1. The maximum atomic E-state index is 12.4. The molecule has 0 aromatic carbocycles. The van der Waals surface area contributed by atoms with E-state index in [-0.39, 0.29) is 24.3 Å². The third-order valence-corrected chi connectivity index (χ3v) is 4.47. The Bertz CT molecular complexity index is 546. The summed E-state index contributed by atoms with van der Waals surface area (Å²) in [5, 5.41) is 0.693. The van der Waals surface area contributed by atoms with E-state index in [2.05, 4.69) is 4.98 Å². The van der Waals surface area contributed by atoms with E-state index in [4.69, 9.17) is 17.2 Å². The zero-order valence-electron chi connectivity index (χ0n) is 11.9. The Morgan fingerprint density at radius 1 is 1.52 bits per heavy atom. The monoisotopic (exact) mass is 312 g/mol. The van der Waals surface area contributed by atoms with Crippen LogP contribution in [0.5, 0.6) is 0 Å². The lowest BCUT2D eigenvalue weighted by Crippen LogP contribution is -2.38. The molecule has 21 heavy (non-hydrogen) atoms. The van der Waals surface area contributed by atoms with Gasteiger partial charge >= 0.3 is 0 Å². The molecule has 1 aromatic heterocycles. The van der Waals surface area contributed by atoms with Crippen LogP contribution in [0.3, 0.4) is 0 Å². The number of carbonyl (C=O) groups excluding carboxylic acids is 2. The first-order valence-electron chi connectivity index (χ1n) is 6.76. The normalized spacial score (nSPS) is 18.0. The lowest BCUT2D eigenvalue weighted by Gasteiger charge is -2.18. The Labute approximate surface area is 126 Å². The van der Waals surface area contributed by atoms with Gasteiger partial charge in [0.2, 0.25) is 5.91 Å². The maximum absolute atomic E-state index is 12.4. The zero-order chi connectivity index (χ0) is 15.6. The van der Waals surface area contributed by atoms with E-state index >= 15 is 0 Å². The van der Waals surface area contributed by atoms with Crippen molar-refractivity contribution in [3.8, 4) is 0 Å². The van der Waals surface area contributed by atoms with E-state index < -0.39 is 5.91 Å². The molecule has 0 radical (unpaired) electrons. The number of carbonyl (C=O) groups is 2. The van der Waals surface area contributed by atoms with Gasteiger partial charge in [0.05, 0.1) is 6.54 Å². The van der Waals surface area contributed by atoms with E-state index in [1.165, 1.54) is 16.2 Å². The molecule has 1 unspecified atom stereocenters. The fraction of sp³-hybridized carbons (Fsp3) is 0.583. The van der Waals surface area contributed by atoms with Gasteiger partial charge < -0.3 is 27.0 Å². The van der Waals surface area contributed by atoms with Crippen LogP contribution in [0.15, 0.2) is 0 Å². The van der Waals surface area contributed by atoms with Crippen LogP contribution in [0.2, 0.25) is 0 Å². The molecule has 116 valence electrons. The molecule has 0 bridgehead atoms. The van der Waals surface area contributed by atoms with Crippen molar-refractivity contribution in [1.82, 2.24) is 9.88 Å². The molecule has 1 saturated heterocycles. The number of thiazole rings is 1. The van der Waals surface area contributed by atoms with E-state index in [0.717, 1.165) is 13.0 Å². The fourth-order valence-corrected chi connectivity index (χ4v) is 3.22. The quantitative estimate of drug-likeness (QED) is 0.653. The molecule has 2 heterocycles. The Morgan fingerprint density at radius 2 is 2.24 bits per heavy atom. The molecule has 6 N–H and O–H groups in total. The van der Waals surface area contributed by atoms with Crippen LogP contribution in [-0.2, 0) is 4.79 Å². The van der Waals surface area contributed by atoms with Gasteiger partial charge in [0.25, 0.3) is 5.91 Å². The average molecular weight is 312 g/mol. The third kappa shape index (κ3) is 3.42. The van der Waals surface area contributed by atoms with E-state index in [0.29, 0.717) is 23.1 Å². The first kappa shape index (κ1) is 15.5. The van der Waals surface area contributed by atoms with Crippen LogP contribution in [0.1, 0.15) is 23.0 Å². The number of nitrogens with zero attached hydrogens (tertiary/aromatic N) is 3. The molecule has 1 fully saturated rings. The number of nitrogen functional groups attached to an aromatic ring is 1. The molecule has 1 aliphatic rings. The average Bonchev–Trinajstić information content (AvgIpc) is 3.01. The number of likely N-dealkylation sites (N-methyl/N-ethyl adjacent to an activating group) is 1. The fourth-order valence-electron chi connectivity index (χ4n) is 2.23. The number of rotatable bonds is 5. The van der Waals surface area contributed by atoms with Gasteiger partial charge in [-0.05, 0) is 13.3 Å². The molecule has 8 nitrogen and oxygen atoms in total. The second kappa shape index (κ2) is 6.27. The summed E-state index contributed by atoms with van der Waals surface area (Å²) in [7, 11) is 0. The van der Waals surface area contributed by atoms with Crippen molar-refractivity contribution >= 4 is 34.1 Å². The molecule has 1 aliphatic heterocycles. The first-order valence-corrected chi connectivity index (χ1v) is 7.58. The lowest BCUT2D eigenvalue weighted by atomic mass is 10.3. The van der Waals surface area contributed by atoms with Gasteiger partial charge in [-0.2, -0.15) is 0 Å². The van der Waals surface area contributed by atoms with Crippen LogP contribution >= 0.6 is 11.3 Å². The van der Waals surface area contributed by atoms with Crippen LogP contribution in [0.4, 0.5) is 10.9 Å².